The van der Waals surface area contributed by atoms with E-state index in [0.717, 1.165) is 31.2 Å². The number of hydrogen-bond acceptors (Lipinski definition) is 6. The Balaban J connectivity index is 1.43. The van der Waals surface area contributed by atoms with Gasteiger partial charge in [-0.25, -0.2) is 18.4 Å². The molecule has 0 bridgehead atoms. The van der Waals surface area contributed by atoms with Gasteiger partial charge in [-0.3, -0.25) is 9.80 Å². The van der Waals surface area contributed by atoms with Crippen molar-refractivity contribution < 1.29 is 32.6 Å². The van der Waals surface area contributed by atoms with Gasteiger partial charge in [-0.2, -0.15) is 0 Å². The van der Waals surface area contributed by atoms with Crippen molar-refractivity contribution in [3.8, 4) is 5.75 Å². The van der Waals surface area contributed by atoms with Crippen molar-refractivity contribution in [1.82, 2.24) is 9.80 Å². The van der Waals surface area contributed by atoms with Crippen LogP contribution >= 0.6 is 0 Å². The van der Waals surface area contributed by atoms with Crippen LogP contribution in [0.15, 0.2) is 42.5 Å². The summed E-state index contributed by atoms with van der Waals surface area (Å²) in [5.74, 6) is -0.855. The Morgan fingerprint density at radius 3 is 2.37 bits per heavy atom. The molecule has 2 fully saturated rings. The molecule has 1 saturated heterocycles. The minimum Gasteiger partial charge on any atom is -0.485 e. The molecule has 1 heterocycles. The van der Waals surface area contributed by atoms with Crippen LogP contribution in [0.25, 0.3) is 0 Å². The Morgan fingerprint density at radius 1 is 1.07 bits per heavy atom. The van der Waals surface area contributed by atoms with Crippen molar-refractivity contribution in [2.24, 2.45) is 5.92 Å². The van der Waals surface area contributed by atoms with Crippen LogP contribution in [0.2, 0.25) is 0 Å². The number of nitrogens with zero attached hydrogens (tertiary/aromatic N) is 2. The fourth-order valence-electron chi connectivity index (χ4n) is 6.19. The summed E-state index contributed by atoms with van der Waals surface area (Å²) in [5, 5.41) is 0. The van der Waals surface area contributed by atoms with Crippen LogP contribution in [0.5, 0.6) is 5.75 Å². The number of benzene rings is 2. The zero-order chi connectivity index (χ0) is 29.9. The molecule has 9 heteroatoms. The minimum atomic E-state index is -0.872. The molecule has 2 aliphatic rings. The molecule has 1 aliphatic heterocycles. The lowest BCUT2D eigenvalue weighted by Gasteiger charge is -2.45. The fraction of sp³-hybridized carbons (Fsp3) is 0.562. The van der Waals surface area contributed by atoms with E-state index in [-0.39, 0.29) is 36.0 Å². The minimum absolute atomic E-state index is 0.0771. The predicted octanol–water partition coefficient (Wildman–Crippen LogP) is 6.08. The van der Waals surface area contributed by atoms with Gasteiger partial charge in [0.15, 0.2) is 11.6 Å². The summed E-state index contributed by atoms with van der Waals surface area (Å²) in [7, 11) is 5.33. The summed E-state index contributed by atoms with van der Waals surface area (Å²) in [6.07, 6.45) is 2.96. The molecule has 0 spiro atoms. The van der Waals surface area contributed by atoms with Crippen LogP contribution in [-0.2, 0) is 26.2 Å². The van der Waals surface area contributed by atoms with Gasteiger partial charge >= 0.3 is 12.1 Å². The van der Waals surface area contributed by atoms with Crippen LogP contribution in [0.3, 0.4) is 0 Å². The number of carbonyl (C=O) groups excluding carboxylic acids is 2. The van der Waals surface area contributed by atoms with E-state index in [1.54, 1.807) is 51.1 Å². The van der Waals surface area contributed by atoms with E-state index in [1.807, 2.05) is 20.2 Å². The summed E-state index contributed by atoms with van der Waals surface area (Å²) in [4.78, 5) is 28.6. The summed E-state index contributed by atoms with van der Waals surface area (Å²) in [5.41, 5.74) is 0.562. The van der Waals surface area contributed by atoms with E-state index in [1.165, 1.54) is 18.1 Å². The highest BCUT2D eigenvalue weighted by atomic mass is 19.1. The van der Waals surface area contributed by atoms with Gasteiger partial charge in [-0.05, 0) is 102 Å². The number of methoxy groups -OCH3 is 1. The lowest BCUT2D eigenvalue weighted by atomic mass is 9.70. The van der Waals surface area contributed by atoms with Gasteiger partial charge < -0.3 is 14.2 Å². The largest absolute Gasteiger partial charge is 0.485 e. The van der Waals surface area contributed by atoms with Crippen molar-refractivity contribution in [2.45, 2.75) is 82.6 Å². The third-order valence-corrected chi connectivity index (χ3v) is 8.36. The van der Waals surface area contributed by atoms with E-state index in [0.29, 0.717) is 12.0 Å². The van der Waals surface area contributed by atoms with Gasteiger partial charge in [0.05, 0.1) is 13.7 Å². The highest BCUT2D eigenvalue weighted by molar-refractivity contribution is 5.82. The first-order chi connectivity index (χ1) is 19.3. The number of hydrogen-bond donors (Lipinski definition) is 0. The van der Waals surface area contributed by atoms with Gasteiger partial charge in [-0.1, -0.05) is 24.3 Å². The van der Waals surface area contributed by atoms with Crippen molar-refractivity contribution in [3.05, 3.63) is 65.2 Å². The molecule has 1 amide bonds. The lowest BCUT2D eigenvalue weighted by Crippen LogP contribution is -2.44. The Morgan fingerprint density at radius 2 is 1.76 bits per heavy atom. The molecule has 7 nitrogen and oxygen atoms in total. The van der Waals surface area contributed by atoms with E-state index in [4.69, 9.17) is 14.2 Å². The average molecular weight is 573 g/mol. The highest BCUT2D eigenvalue weighted by Gasteiger charge is 2.44. The molecule has 224 valence electrons. The van der Waals surface area contributed by atoms with Gasteiger partial charge in [-0.15, -0.1) is 0 Å². The second-order valence-electron chi connectivity index (χ2n) is 12.5. The van der Waals surface area contributed by atoms with Gasteiger partial charge in [0.25, 0.3) is 0 Å². The topological polar surface area (TPSA) is 68.3 Å². The number of rotatable bonds is 7. The quantitative estimate of drug-likeness (QED) is 0.375. The first-order valence-electron chi connectivity index (χ1n) is 14.3. The van der Waals surface area contributed by atoms with E-state index < -0.39 is 35.6 Å². The number of amides is 1. The molecule has 0 radical (unpaired) electrons. The molecule has 2 aromatic rings. The highest BCUT2D eigenvalue weighted by Crippen LogP contribution is 2.44. The molecular weight excluding hydrogens is 530 g/mol. The zero-order valence-electron chi connectivity index (χ0n) is 24.9. The molecule has 1 saturated carbocycles. The number of likely N-dealkylation sites (tertiary alicyclic amines) is 1. The van der Waals surface area contributed by atoms with Crippen molar-refractivity contribution in [1.29, 1.82) is 0 Å². The maximum Gasteiger partial charge on any atom is 0.411 e. The van der Waals surface area contributed by atoms with Gasteiger partial charge in [0.2, 0.25) is 0 Å². The number of carbonyl (C=O) groups is 2. The summed E-state index contributed by atoms with van der Waals surface area (Å²) < 4.78 is 46.1. The van der Waals surface area contributed by atoms with Gasteiger partial charge in [0, 0.05) is 12.0 Å². The maximum absolute atomic E-state index is 15.7. The summed E-state index contributed by atoms with van der Waals surface area (Å²) in [6, 6.07) is 11.1. The van der Waals surface area contributed by atoms with Crippen molar-refractivity contribution in [2.75, 3.05) is 27.7 Å². The Bertz CT molecular complexity index is 1240. The van der Waals surface area contributed by atoms with Crippen LogP contribution in [0.4, 0.5) is 13.6 Å². The average Bonchev–Trinajstić information content (AvgIpc) is 3.34. The second-order valence-corrected chi connectivity index (χ2v) is 12.5. The summed E-state index contributed by atoms with van der Waals surface area (Å²) in [6.45, 7) is 5.32. The molecule has 2 atom stereocenters. The second kappa shape index (κ2) is 12.3. The Labute approximate surface area is 241 Å². The molecule has 4 rings (SSSR count). The molecule has 0 N–H and O–H groups in total. The molecule has 41 heavy (non-hydrogen) atoms. The Kier molecular flexibility index (Phi) is 9.26. The normalized spacial score (nSPS) is 24.8. The monoisotopic (exact) mass is 572 g/mol. The molecule has 1 aliphatic carbocycles. The lowest BCUT2D eigenvalue weighted by molar-refractivity contribution is -0.145. The smallest absolute Gasteiger partial charge is 0.411 e. The van der Waals surface area contributed by atoms with Crippen LogP contribution in [-0.4, -0.2) is 67.4 Å². The van der Waals surface area contributed by atoms with Crippen molar-refractivity contribution >= 4 is 12.1 Å². The third kappa shape index (κ3) is 7.00. The Hall–Kier alpha value is -3.20. The van der Waals surface area contributed by atoms with E-state index in [9.17, 15) is 14.0 Å². The summed E-state index contributed by atoms with van der Waals surface area (Å²) >= 11 is 0. The van der Waals surface area contributed by atoms with E-state index in [2.05, 4.69) is 4.90 Å². The number of esters is 1. The SMILES string of the molecule is COC(=O)[C@@H]1C[C@H](Oc2cccc(CC3CCC(c4cccc(F)c4)(N(C)C)CC3)c2F)CN1C(=O)OC(C)(C)C. The van der Waals surface area contributed by atoms with E-state index >= 15 is 4.39 Å². The van der Waals surface area contributed by atoms with Crippen LogP contribution < -0.4 is 4.74 Å². The maximum atomic E-state index is 15.7. The standard InChI is InChI=1S/C32H42F2N2O5/c1-31(2,3)41-30(38)36-20-25(19-26(36)29(37)39-6)40-27-12-7-9-22(28(27)34)17-21-13-15-32(16-14-21,35(4)5)23-10-8-11-24(33)18-23/h7-12,18,21,25-26H,13-17,19-20H2,1-6H3/t21?,25-,26-,32?/m0/s1. The predicted molar refractivity (Wildman–Crippen MR) is 152 cm³/mol. The van der Waals surface area contributed by atoms with Crippen molar-refractivity contribution in [3.63, 3.8) is 0 Å². The van der Waals surface area contributed by atoms with Gasteiger partial charge in [0.1, 0.15) is 23.6 Å². The first-order valence-corrected chi connectivity index (χ1v) is 14.3. The molecule has 2 aromatic carbocycles. The first kappa shape index (κ1) is 30.8. The van der Waals surface area contributed by atoms with Crippen LogP contribution in [0.1, 0.15) is 64.0 Å². The molecule has 0 aromatic heterocycles. The number of ether oxygens (including phenoxy) is 3. The third-order valence-electron chi connectivity index (χ3n) is 8.36. The number of halogens is 2. The molecule has 0 unspecified atom stereocenters. The molecular formula is C32H42F2N2O5. The fourth-order valence-corrected chi connectivity index (χ4v) is 6.19. The van der Waals surface area contributed by atoms with Crippen LogP contribution in [0, 0.1) is 17.6 Å². The zero-order valence-corrected chi connectivity index (χ0v) is 24.9.